The standard InChI is InChI=1S/C13H18N2S/c1-16-9-3-7-15-8-6-11-4-2-5-12(10-14)13(11)15/h2,4-6,8H,3,7,9-10,14H2,1H3. The number of aryl methyl sites for hydroxylation is 1. The number of benzene rings is 1. The molecule has 2 N–H and O–H groups in total. The maximum Gasteiger partial charge on any atom is 0.0525 e. The van der Waals surface area contributed by atoms with Crippen molar-refractivity contribution in [2.45, 2.75) is 19.5 Å². The predicted molar refractivity (Wildman–Crippen MR) is 72.8 cm³/mol. The van der Waals surface area contributed by atoms with Crippen LogP contribution in [0, 0.1) is 0 Å². The molecular weight excluding hydrogens is 216 g/mol. The molecule has 16 heavy (non-hydrogen) atoms. The highest BCUT2D eigenvalue weighted by Gasteiger charge is 2.04. The van der Waals surface area contributed by atoms with E-state index in [4.69, 9.17) is 5.73 Å². The number of hydrogen-bond acceptors (Lipinski definition) is 2. The summed E-state index contributed by atoms with van der Waals surface area (Å²) in [7, 11) is 0. The summed E-state index contributed by atoms with van der Waals surface area (Å²) in [4.78, 5) is 0. The van der Waals surface area contributed by atoms with E-state index in [-0.39, 0.29) is 0 Å². The summed E-state index contributed by atoms with van der Waals surface area (Å²) >= 11 is 1.90. The van der Waals surface area contributed by atoms with Gasteiger partial charge in [-0.25, -0.2) is 0 Å². The molecule has 0 saturated carbocycles. The zero-order valence-electron chi connectivity index (χ0n) is 9.65. The minimum Gasteiger partial charge on any atom is -0.347 e. The highest BCUT2D eigenvalue weighted by Crippen LogP contribution is 2.20. The monoisotopic (exact) mass is 234 g/mol. The molecule has 2 rings (SSSR count). The molecule has 0 aliphatic heterocycles. The normalized spacial score (nSPS) is 11.1. The Bertz CT molecular complexity index is 462. The second-order valence-electron chi connectivity index (χ2n) is 3.91. The Hall–Kier alpha value is -0.930. The molecule has 0 aliphatic carbocycles. The maximum absolute atomic E-state index is 5.78. The van der Waals surface area contributed by atoms with Gasteiger partial charge in [0.25, 0.3) is 0 Å². The lowest BCUT2D eigenvalue weighted by Crippen LogP contribution is -2.03. The van der Waals surface area contributed by atoms with Crippen LogP contribution in [0.2, 0.25) is 0 Å². The fraction of sp³-hybridized carbons (Fsp3) is 0.385. The molecular formula is C13H18N2S. The van der Waals surface area contributed by atoms with Gasteiger partial charge >= 0.3 is 0 Å². The Labute approximate surface area is 101 Å². The second kappa shape index (κ2) is 5.41. The minimum absolute atomic E-state index is 0.615. The number of aromatic nitrogens is 1. The summed E-state index contributed by atoms with van der Waals surface area (Å²) in [5.41, 5.74) is 8.33. The van der Waals surface area contributed by atoms with Gasteiger partial charge in [0, 0.05) is 19.3 Å². The lowest BCUT2D eigenvalue weighted by Gasteiger charge is -2.08. The Kier molecular flexibility index (Phi) is 3.91. The van der Waals surface area contributed by atoms with Crippen molar-refractivity contribution < 1.29 is 0 Å². The van der Waals surface area contributed by atoms with Crippen LogP contribution in [-0.4, -0.2) is 16.6 Å². The molecule has 0 fully saturated rings. The number of thioether (sulfide) groups is 1. The van der Waals surface area contributed by atoms with E-state index in [0.29, 0.717) is 6.54 Å². The van der Waals surface area contributed by atoms with Crippen molar-refractivity contribution >= 4 is 22.7 Å². The molecule has 86 valence electrons. The van der Waals surface area contributed by atoms with Gasteiger partial charge in [-0.05, 0) is 35.4 Å². The van der Waals surface area contributed by atoms with E-state index in [9.17, 15) is 0 Å². The molecule has 0 spiro atoms. The molecule has 0 saturated heterocycles. The van der Waals surface area contributed by atoms with Crippen molar-refractivity contribution in [2.24, 2.45) is 5.73 Å². The Morgan fingerprint density at radius 1 is 1.31 bits per heavy atom. The Balaban J connectivity index is 2.30. The maximum atomic E-state index is 5.78. The molecule has 2 nitrogen and oxygen atoms in total. The van der Waals surface area contributed by atoms with E-state index >= 15 is 0 Å². The number of nitrogens with two attached hydrogens (primary N) is 1. The van der Waals surface area contributed by atoms with Crippen LogP contribution in [0.1, 0.15) is 12.0 Å². The zero-order valence-corrected chi connectivity index (χ0v) is 10.5. The molecule has 2 aromatic rings. The summed E-state index contributed by atoms with van der Waals surface area (Å²) < 4.78 is 2.33. The van der Waals surface area contributed by atoms with Gasteiger partial charge in [0.05, 0.1) is 5.52 Å². The molecule has 3 heteroatoms. The molecule has 0 amide bonds. The second-order valence-corrected chi connectivity index (χ2v) is 4.90. The van der Waals surface area contributed by atoms with Crippen LogP contribution in [0.5, 0.6) is 0 Å². The van der Waals surface area contributed by atoms with E-state index in [1.165, 1.54) is 28.6 Å². The predicted octanol–water partition coefficient (Wildman–Crippen LogP) is 2.85. The van der Waals surface area contributed by atoms with Gasteiger partial charge in [-0.15, -0.1) is 0 Å². The van der Waals surface area contributed by atoms with Crippen molar-refractivity contribution in [2.75, 3.05) is 12.0 Å². The van der Waals surface area contributed by atoms with E-state index in [2.05, 4.69) is 41.3 Å². The van der Waals surface area contributed by atoms with Crippen LogP contribution >= 0.6 is 11.8 Å². The van der Waals surface area contributed by atoms with Crippen molar-refractivity contribution in [3.05, 3.63) is 36.0 Å². The lowest BCUT2D eigenvalue weighted by atomic mass is 10.1. The first-order valence-electron chi connectivity index (χ1n) is 5.62. The summed E-state index contributed by atoms with van der Waals surface area (Å²) in [6.07, 6.45) is 5.53. The van der Waals surface area contributed by atoms with E-state index in [0.717, 1.165) is 6.54 Å². The van der Waals surface area contributed by atoms with Crippen LogP contribution in [0.15, 0.2) is 30.5 Å². The topological polar surface area (TPSA) is 30.9 Å². The SMILES string of the molecule is CSCCCn1ccc2cccc(CN)c21. The van der Waals surface area contributed by atoms with Crippen molar-refractivity contribution in [3.63, 3.8) is 0 Å². The van der Waals surface area contributed by atoms with E-state index in [1.807, 2.05) is 11.8 Å². The van der Waals surface area contributed by atoms with Crippen LogP contribution in [0.25, 0.3) is 10.9 Å². The lowest BCUT2D eigenvalue weighted by molar-refractivity contribution is 0.707. The van der Waals surface area contributed by atoms with E-state index in [1.54, 1.807) is 0 Å². The van der Waals surface area contributed by atoms with Gasteiger partial charge in [-0.1, -0.05) is 18.2 Å². The number of para-hydroxylation sites is 1. The quantitative estimate of drug-likeness (QED) is 0.806. The Morgan fingerprint density at radius 2 is 2.19 bits per heavy atom. The van der Waals surface area contributed by atoms with Crippen LogP contribution < -0.4 is 5.73 Å². The number of rotatable bonds is 5. The van der Waals surface area contributed by atoms with Gasteiger partial charge in [-0.2, -0.15) is 11.8 Å². The third-order valence-corrected chi connectivity index (χ3v) is 3.54. The van der Waals surface area contributed by atoms with Crippen LogP contribution in [0.4, 0.5) is 0 Å². The van der Waals surface area contributed by atoms with Crippen molar-refractivity contribution in [1.29, 1.82) is 0 Å². The minimum atomic E-state index is 0.615. The first-order chi connectivity index (χ1) is 7.86. The third kappa shape index (κ3) is 2.25. The third-order valence-electron chi connectivity index (χ3n) is 2.84. The molecule has 0 atom stereocenters. The highest BCUT2D eigenvalue weighted by atomic mass is 32.2. The van der Waals surface area contributed by atoms with E-state index < -0.39 is 0 Å². The number of fused-ring (bicyclic) bond motifs is 1. The zero-order chi connectivity index (χ0) is 11.4. The van der Waals surface area contributed by atoms with Gasteiger partial charge in [-0.3, -0.25) is 0 Å². The summed E-state index contributed by atoms with van der Waals surface area (Å²) in [6.45, 7) is 1.70. The first kappa shape index (κ1) is 11.6. The highest BCUT2D eigenvalue weighted by molar-refractivity contribution is 7.98. The fourth-order valence-electron chi connectivity index (χ4n) is 2.07. The molecule has 1 heterocycles. The number of nitrogens with zero attached hydrogens (tertiary/aromatic N) is 1. The average molecular weight is 234 g/mol. The molecule has 0 bridgehead atoms. The average Bonchev–Trinajstić information content (AvgIpc) is 2.73. The molecule has 1 aromatic carbocycles. The number of hydrogen-bond donors (Lipinski definition) is 1. The van der Waals surface area contributed by atoms with Crippen molar-refractivity contribution in [1.82, 2.24) is 4.57 Å². The summed E-state index contributed by atoms with van der Waals surface area (Å²) in [6, 6.07) is 8.53. The van der Waals surface area contributed by atoms with Gasteiger partial charge in [0.2, 0.25) is 0 Å². The smallest absolute Gasteiger partial charge is 0.0525 e. The van der Waals surface area contributed by atoms with Crippen LogP contribution in [-0.2, 0) is 13.1 Å². The largest absolute Gasteiger partial charge is 0.347 e. The molecule has 0 aliphatic rings. The van der Waals surface area contributed by atoms with Crippen LogP contribution in [0.3, 0.4) is 0 Å². The fourth-order valence-corrected chi connectivity index (χ4v) is 2.49. The molecule has 0 radical (unpaired) electrons. The van der Waals surface area contributed by atoms with Gasteiger partial charge in [0.15, 0.2) is 0 Å². The molecule has 1 aromatic heterocycles. The molecule has 0 unspecified atom stereocenters. The van der Waals surface area contributed by atoms with Gasteiger partial charge in [0.1, 0.15) is 0 Å². The first-order valence-corrected chi connectivity index (χ1v) is 7.02. The van der Waals surface area contributed by atoms with Gasteiger partial charge < -0.3 is 10.3 Å². The van der Waals surface area contributed by atoms with Crippen molar-refractivity contribution in [3.8, 4) is 0 Å². The summed E-state index contributed by atoms with van der Waals surface area (Å²) in [5.74, 6) is 1.21. The Morgan fingerprint density at radius 3 is 2.94 bits per heavy atom. The summed E-state index contributed by atoms with van der Waals surface area (Å²) in [5, 5.41) is 1.30.